The van der Waals surface area contributed by atoms with Gasteiger partial charge in [-0.1, -0.05) is 274 Å². The molecule has 0 fully saturated rings. The van der Waals surface area contributed by atoms with Gasteiger partial charge in [-0.25, -0.2) is 0 Å². The average Bonchev–Trinajstić information content (AvgIpc) is 3.36. The van der Waals surface area contributed by atoms with Gasteiger partial charge < -0.3 is 20.3 Å². The lowest BCUT2D eigenvalue weighted by molar-refractivity contribution is -0.143. The zero-order valence-corrected chi connectivity index (χ0v) is 46.7. The van der Waals surface area contributed by atoms with Crippen molar-refractivity contribution in [2.24, 2.45) is 0 Å². The molecule has 0 aromatic rings. The van der Waals surface area contributed by atoms with E-state index in [4.69, 9.17) is 4.74 Å². The van der Waals surface area contributed by atoms with Gasteiger partial charge in [-0.2, -0.15) is 0 Å². The Morgan fingerprint density at radius 2 is 0.729 bits per heavy atom. The number of aliphatic hydroxyl groups is 2. The smallest absolute Gasteiger partial charge is 0.305 e. The summed E-state index contributed by atoms with van der Waals surface area (Å²) >= 11 is 0. The van der Waals surface area contributed by atoms with Crippen LogP contribution in [0.1, 0.15) is 322 Å². The Hall–Kier alpha value is -2.18. The number of rotatable bonds is 57. The minimum absolute atomic E-state index is 0.0185. The van der Waals surface area contributed by atoms with E-state index >= 15 is 0 Å². The van der Waals surface area contributed by atoms with Gasteiger partial charge in [-0.05, 0) is 83.5 Å². The van der Waals surface area contributed by atoms with E-state index in [-0.39, 0.29) is 18.5 Å². The third-order valence-electron chi connectivity index (χ3n) is 14.1. The largest absolute Gasteiger partial charge is 0.466 e. The van der Waals surface area contributed by atoms with Gasteiger partial charge in [0.25, 0.3) is 0 Å². The summed E-state index contributed by atoms with van der Waals surface area (Å²) in [5.41, 5.74) is 0. The van der Waals surface area contributed by atoms with E-state index in [1.165, 1.54) is 225 Å². The van der Waals surface area contributed by atoms with Gasteiger partial charge in [-0.3, -0.25) is 9.59 Å². The second kappa shape index (κ2) is 59.4. The summed E-state index contributed by atoms with van der Waals surface area (Å²) in [4.78, 5) is 24.5. The third kappa shape index (κ3) is 55.1. The Balaban J connectivity index is 3.51. The fourth-order valence-corrected chi connectivity index (χ4v) is 9.29. The number of hydrogen-bond acceptors (Lipinski definition) is 5. The summed E-state index contributed by atoms with van der Waals surface area (Å²) in [6.07, 6.45) is 75.7. The van der Waals surface area contributed by atoms with Crippen LogP contribution in [0.4, 0.5) is 0 Å². The maximum Gasteiger partial charge on any atom is 0.305 e. The first kappa shape index (κ1) is 67.8. The molecule has 0 bridgehead atoms. The Bertz CT molecular complexity index is 1180. The van der Waals surface area contributed by atoms with Crippen molar-refractivity contribution in [3.8, 4) is 0 Å². The van der Waals surface area contributed by atoms with Crippen molar-refractivity contribution in [2.75, 3.05) is 13.2 Å². The van der Waals surface area contributed by atoms with Gasteiger partial charge in [-0.15, -0.1) is 0 Å². The molecule has 0 aliphatic rings. The maximum atomic E-state index is 12.5. The first-order valence-corrected chi connectivity index (χ1v) is 30.9. The quantitative estimate of drug-likeness (QED) is 0.0321. The minimum Gasteiger partial charge on any atom is -0.466 e. The van der Waals surface area contributed by atoms with E-state index in [1.54, 1.807) is 6.08 Å². The van der Waals surface area contributed by atoms with Crippen molar-refractivity contribution < 1.29 is 24.5 Å². The van der Waals surface area contributed by atoms with Crippen molar-refractivity contribution >= 4 is 11.9 Å². The molecular formula is C64H119NO5. The molecule has 0 aliphatic heterocycles. The maximum absolute atomic E-state index is 12.5. The van der Waals surface area contributed by atoms with Crippen LogP contribution in [0.3, 0.4) is 0 Å². The monoisotopic (exact) mass is 982 g/mol. The number of unbranched alkanes of at least 4 members (excludes halogenated alkanes) is 40. The lowest BCUT2D eigenvalue weighted by Gasteiger charge is -2.20. The first-order valence-electron chi connectivity index (χ1n) is 30.9. The van der Waals surface area contributed by atoms with Crippen LogP contribution in [0, 0.1) is 0 Å². The van der Waals surface area contributed by atoms with Crippen LogP contribution in [0.15, 0.2) is 48.6 Å². The van der Waals surface area contributed by atoms with Crippen LogP contribution in [0.2, 0.25) is 0 Å². The molecule has 410 valence electrons. The van der Waals surface area contributed by atoms with E-state index in [2.05, 4.69) is 55.6 Å². The number of carbonyl (C=O) groups excluding carboxylic acids is 2. The number of allylic oxidation sites excluding steroid dienone is 7. The number of amides is 1. The van der Waals surface area contributed by atoms with E-state index in [9.17, 15) is 19.8 Å². The zero-order chi connectivity index (χ0) is 50.7. The molecule has 0 heterocycles. The molecule has 2 unspecified atom stereocenters. The Morgan fingerprint density at radius 3 is 1.14 bits per heavy atom. The SMILES string of the molecule is CCCC/C=C\C/C=C\CCCCCCCC(=O)OCCCCCCCCC/C=C\CCCCCCCC(=O)NC(CO)C(O)/C=C/CCCCCCCCCCCCCCCCCCCCCCC. The van der Waals surface area contributed by atoms with E-state index in [0.29, 0.717) is 19.4 Å². The molecular weight excluding hydrogens is 863 g/mol. The molecule has 2 atom stereocenters. The van der Waals surface area contributed by atoms with Gasteiger partial charge in [0.2, 0.25) is 5.91 Å². The predicted molar refractivity (Wildman–Crippen MR) is 306 cm³/mol. The average molecular weight is 983 g/mol. The molecule has 0 saturated heterocycles. The Morgan fingerprint density at radius 1 is 0.400 bits per heavy atom. The van der Waals surface area contributed by atoms with Crippen molar-refractivity contribution in [2.45, 2.75) is 334 Å². The van der Waals surface area contributed by atoms with Gasteiger partial charge in [0.1, 0.15) is 0 Å². The Kier molecular flexibility index (Phi) is 57.5. The molecule has 70 heavy (non-hydrogen) atoms. The van der Waals surface area contributed by atoms with Crippen molar-refractivity contribution in [3.63, 3.8) is 0 Å². The summed E-state index contributed by atoms with van der Waals surface area (Å²) in [7, 11) is 0. The van der Waals surface area contributed by atoms with Crippen LogP contribution < -0.4 is 5.32 Å². The topological polar surface area (TPSA) is 95.9 Å². The van der Waals surface area contributed by atoms with Gasteiger partial charge in [0.15, 0.2) is 0 Å². The van der Waals surface area contributed by atoms with Crippen molar-refractivity contribution in [1.82, 2.24) is 5.32 Å². The van der Waals surface area contributed by atoms with Crippen molar-refractivity contribution in [1.29, 1.82) is 0 Å². The minimum atomic E-state index is -0.858. The number of esters is 1. The van der Waals surface area contributed by atoms with Crippen molar-refractivity contribution in [3.05, 3.63) is 48.6 Å². The number of nitrogens with one attached hydrogen (secondary N) is 1. The molecule has 0 rings (SSSR count). The summed E-state index contributed by atoms with van der Waals surface area (Å²) in [6, 6.07) is -0.643. The lowest BCUT2D eigenvalue weighted by Crippen LogP contribution is -2.45. The summed E-state index contributed by atoms with van der Waals surface area (Å²) in [5, 5.41) is 23.2. The standard InChI is InChI=1S/C64H119NO5/c1-3-5-7-9-11-13-15-17-19-20-21-22-23-24-25-26-29-32-36-40-44-48-52-56-62(67)61(60-66)65-63(68)57-53-49-45-41-37-33-30-27-28-31-35-39-43-47-51-55-59-70-64(69)58-54-50-46-42-38-34-18-16-14-12-10-8-6-4-2/h10,12,16,18,27,30,52,56,61-62,66-67H,3-9,11,13-15,17,19-26,28-29,31-51,53-55,57-60H2,1-2H3,(H,65,68)/b12-10-,18-16-,30-27-,56-52+. The number of carbonyl (C=O) groups is 2. The molecule has 0 saturated carbocycles. The summed E-state index contributed by atoms with van der Waals surface area (Å²) in [5.74, 6) is -0.102. The highest BCUT2D eigenvalue weighted by Crippen LogP contribution is 2.17. The van der Waals surface area contributed by atoms with Gasteiger partial charge in [0, 0.05) is 12.8 Å². The number of aliphatic hydroxyl groups excluding tert-OH is 2. The molecule has 6 nitrogen and oxygen atoms in total. The molecule has 0 aromatic heterocycles. The Labute approximate surface area is 436 Å². The summed E-state index contributed by atoms with van der Waals surface area (Å²) in [6.45, 7) is 4.85. The second-order valence-electron chi connectivity index (χ2n) is 21.0. The molecule has 0 spiro atoms. The molecule has 6 heteroatoms. The molecule has 3 N–H and O–H groups in total. The van der Waals surface area contributed by atoms with Gasteiger partial charge >= 0.3 is 5.97 Å². The first-order chi connectivity index (χ1) is 34.5. The third-order valence-corrected chi connectivity index (χ3v) is 14.1. The normalized spacial score (nSPS) is 12.9. The van der Waals surface area contributed by atoms with Crippen LogP contribution in [0.25, 0.3) is 0 Å². The van der Waals surface area contributed by atoms with Crippen LogP contribution in [0.5, 0.6) is 0 Å². The van der Waals surface area contributed by atoms with E-state index in [1.807, 2.05) is 6.08 Å². The predicted octanol–water partition coefficient (Wildman–Crippen LogP) is 19.4. The summed E-state index contributed by atoms with van der Waals surface area (Å²) < 4.78 is 5.46. The number of ether oxygens (including phenoxy) is 1. The fourth-order valence-electron chi connectivity index (χ4n) is 9.29. The molecule has 0 aromatic carbocycles. The highest BCUT2D eigenvalue weighted by Gasteiger charge is 2.18. The fraction of sp³-hybridized carbons (Fsp3) is 0.844. The van der Waals surface area contributed by atoms with Gasteiger partial charge in [0.05, 0.1) is 25.4 Å². The lowest BCUT2D eigenvalue weighted by atomic mass is 10.0. The highest BCUT2D eigenvalue weighted by atomic mass is 16.5. The number of hydrogen-bond donors (Lipinski definition) is 3. The van der Waals surface area contributed by atoms with E-state index < -0.39 is 12.1 Å². The van der Waals surface area contributed by atoms with E-state index in [0.717, 1.165) is 70.6 Å². The van der Waals surface area contributed by atoms with Crippen LogP contribution in [-0.2, 0) is 14.3 Å². The van der Waals surface area contributed by atoms with Crippen LogP contribution >= 0.6 is 0 Å². The molecule has 0 radical (unpaired) electrons. The second-order valence-corrected chi connectivity index (χ2v) is 21.0. The molecule has 0 aliphatic carbocycles. The highest BCUT2D eigenvalue weighted by molar-refractivity contribution is 5.76. The zero-order valence-electron chi connectivity index (χ0n) is 46.7. The van der Waals surface area contributed by atoms with Crippen LogP contribution in [-0.4, -0.2) is 47.4 Å². The molecule has 1 amide bonds.